The molecule has 2 nitrogen and oxygen atoms in total. The molecule has 1 aliphatic rings. The lowest BCUT2D eigenvalue weighted by atomic mass is 10.1. The number of ether oxygens (including phenoxy) is 1. The lowest BCUT2D eigenvalue weighted by Gasteiger charge is -2.15. The third kappa shape index (κ3) is 2.89. The zero-order valence-corrected chi connectivity index (χ0v) is 11.0. The van der Waals surface area contributed by atoms with Crippen molar-refractivity contribution in [2.24, 2.45) is 5.73 Å². The first-order valence-corrected chi connectivity index (χ1v) is 5.50. The molecule has 0 heterocycles. The topological polar surface area (TPSA) is 35.2 Å². The molecule has 0 amide bonds. The maximum Gasteiger partial charge on any atom is 0.125 e. The fourth-order valence-corrected chi connectivity index (χ4v) is 1.92. The van der Waals surface area contributed by atoms with Gasteiger partial charge in [0.15, 0.2) is 0 Å². The van der Waals surface area contributed by atoms with E-state index < -0.39 is 0 Å². The van der Waals surface area contributed by atoms with Gasteiger partial charge < -0.3 is 10.5 Å². The van der Waals surface area contributed by atoms with Gasteiger partial charge in [0, 0.05) is 0 Å². The van der Waals surface area contributed by atoms with Crippen LogP contribution in [-0.4, -0.2) is 12.1 Å². The van der Waals surface area contributed by atoms with E-state index in [0.717, 1.165) is 18.6 Å². The molecule has 0 unspecified atom stereocenters. The molecule has 16 heavy (non-hydrogen) atoms. The molecule has 3 heteroatoms. The summed E-state index contributed by atoms with van der Waals surface area (Å²) in [5.41, 5.74) is 9.66. The highest BCUT2D eigenvalue weighted by Gasteiger charge is 2.39. The molecule has 0 aromatic heterocycles. The van der Waals surface area contributed by atoms with Gasteiger partial charge in [0.25, 0.3) is 0 Å². The van der Waals surface area contributed by atoms with Crippen LogP contribution >= 0.6 is 12.4 Å². The predicted octanol–water partition coefficient (Wildman–Crippen LogP) is 2.90. The number of hydrogen-bond acceptors (Lipinski definition) is 2. The van der Waals surface area contributed by atoms with Crippen LogP contribution in [0.5, 0.6) is 5.75 Å². The summed E-state index contributed by atoms with van der Waals surface area (Å²) in [6, 6.07) is 4.30. The fourth-order valence-electron chi connectivity index (χ4n) is 1.92. The smallest absolute Gasteiger partial charge is 0.125 e. The van der Waals surface area contributed by atoms with E-state index in [1.165, 1.54) is 16.7 Å². The van der Waals surface area contributed by atoms with E-state index in [1.807, 2.05) is 0 Å². The predicted molar refractivity (Wildman–Crippen MR) is 69.5 cm³/mol. The van der Waals surface area contributed by atoms with Crippen LogP contribution in [0.25, 0.3) is 0 Å². The summed E-state index contributed by atoms with van der Waals surface area (Å²) in [6.07, 6.45) is 2.19. The van der Waals surface area contributed by atoms with Crippen molar-refractivity contribution in [1.82, 2.24) is 0 Å². The van der Waals surface area contributed by atoms with Crippen molar-refractivity contribution in [3.8, 4) is 5.75 Å². The maximum absolute atomic E-state index is 6.00. The molecule has 0 spiro atoms. The molecular weight excluding hydrogens is 222 g/mol. The van der Waals surface area contributed by atoms with Crippen molar-refractivity contribution < 1.29 is 4.74 Å². The van der Waals surface area contributed by atoms with Crippen LogP contribution < -0.4 is 10.5 Å². The van der Waals surface area contributed by atoms with Gasteiger partial charge in [0.1, 0.15) is 12.4 Å². The van der Waals surface area contributed by atoms with Gasteiger partial charge in [-0.1, -0.05) is 17.7 Å². The number of halogens is 1. The Kier molecular flexibility index (Phi) is 3.87. The monoisotopic (exact) mass is 241 g/mol. The van der Waals surface area contributed by atoms with Crippen LogP contribution in [0.3, 0.4) is 0 Å². The quantitative estimate of drug-likeness (QED) is 0.883. The SMILES string of the molecule is Cc1cc(C)c(OCC2(N)CC2)c(C)c1.Cl. The zero-order chi connectivity index (χ0) is 11.1. The molecule has 0 radical (unpaired) electrons. The van der Waals surface area contributed by atoms with Crippen LogP contribution in [-0.2, 0) is 0 Å². The molecule has 1 saturated carbocycles. The van der Waals surface area contributed by atoms with Crippen molar-refractivity contribution in [3.63, 3.8) is 0 Å². The van der Waals surface area contributed by atoms with Crippen molar-refractivity contribution >= 4 is 12.4 Å². The molecule has 1 fully saturated rings. The molecule has 2 rings (SSSR count). The van der Waals surface area contributed by atoms with Gasteiger partial charge >= 0.3 is 0 Å². The van der Waals surface area contributed by atoms with Crippen molar-refractivity contribution in [1.29, 1.82) is 0 Å². The Hall–Kier alpha value is -0.730. The number of nitrogens with two attached hydrogens (primary N) is 1. The minimum absolute atomic E-state index is 0. The fraction of sp³-hybridized carbons (Fsp3) is 0.538. The number of benzene rings is 1. The van der Waals surface area contributed by atoms with Gasteiger partial charge in [-0.2, -0.15) is 0 Å². The molecule has 1 aromatic carbocycles. The summed E-state index contributed by atoms with van der Waals surface area (Å²) in [4.78, 5) is 0. The largest absolute Gasteiger partial charge is 0.491 e. The molecule has 2 N–H and O–H groups in total. The molecule has 0 bridgehead atoms. The third-order valence-corrected chi connectivity index (χ3v) is 3.00. The minimum Gasteiger partial charge on any atom is -0.491 e. The molecule has 0 aliphatic heterocycles. The average molecular weight is 242 g/mol. The highest BCUT2D eigenvalue weighted by atomic mass is 35.5. The second kappa shape index (κ2) is 4.64. The van der Waals surface area contributed by atoms with Gasteiger partial charge in [-0.05, 0) is 44.7 Å². The number of rotatable bonds is 3. The first kappa shape index (κ1) is 13.3. The summed E-state index contributed by atoms with van der Waals surface area (Å²) < 4.78 is 5.82. The zero-order valence-electron chi connectivity index (χ0n) is 10.2. The Balaban J connectivity index is 0.00000128. The van der Waals surface area contributed by atoms with E-state index in [9.17, 15) is 0 Å². The summed E-state index contributed by atoms with van der Waals surface area (Å²) in [7, 11) is 0. The summed E-state index contributed by atoms with van der Waals surface area (Å²) in [6.45, 7) is 6.93. The van der Waals surface area contributed by atoms with Crippen LogP contribution in [0.4, 0.5) is 0 Å². The molecule has 90 valence electrons. The average Bonchev–Trinajstić information content (AvgIpc) is 2.82. The number of hydrogen-bond donors (Lipinski definition) is 1. The first-order chi connectivity index (χ1) is 7.00. The second-order valence-corrected chi connectivity index (χ2v) is 4.88. The standard InChI is InChI=1S/C13H19NO.ClH/c1-9-6-10(2)12(11(3)7-9)15-8-13(14)4-5-13;/h6-7H,4-5,8,14H2,1-3H3;1H. The maximum atomic E-state index is 6.00. The number of aryl methyl sites for hydroxylation is 3. The first-order valence-electron chi connectivity index (χ1n) is 5.50. The second-order valence-electron chi connectivity index (χ2n) is 4.88. The van der Waals surface area contributed by atoms with Crippen LogP contribution in [0, 0.1) is 20.8 Å². The molecular formula is C13H20ClNO. The normalized spacial score (nSPS) is 16.5. The van der Waals surface area contributed by atoms with Gasteiger partial charge in [0.2, 0.25) is 0 Å². The Morgan fingerprint density at radius 3 is 2.12 bits per heavy atom. The Bertz CT molecular complexity index is 363. The lowest BCUT2D eigenvalue weighted by Crippen LogP contribution is -2.30. The highest BCUT2D eigenvalue weighted by Crippen LogP contribution is 2.34. The van der Waals surface area contributed by atoms with Gasteiger partial charge in [-0.15, -0.1) is 12.4 Å². The third-order valence-electron chi connectivity index (χ3n) is 3.00. The molecule has 0 atom stereocenters. The molecule has 1 aliphatic carbocycles. The minimum atomic E-state index is -0.0379. The Labute approximate surface area is 104 Å². The van der Waals surface area contributed by atoms with Crippen LogP contribution in [0.1, 0.15) is 29.5 Å². The summed E-state index contributed by atoms with van der Waals surface area (Å²) >= 11 is 0. The van der Waals surface area contributed by atoms with Gasteiger partial charge in [-0.3, -0.25) is 0 Å². The van der Waals surface area contributed by atoms with Crippen LogP contribution in [0.15, 0.2) is 12.1 Å². The Morgan fingerprint density at radius 1 is 1.19 bits per heavy atom. The van der Waals surface area contributed by atoms with E-state index in [4.69, 9.17) is 10.5 Å². The summed E-state index contributed by atoms with van der Waals surface area (Å²) in [5, 5.41) is 0. The Morgan fingerprint density at radius 2 is 1.69 bits per heavy atom. The highest BCUT2D eigenvalue weighted by molar-refractivity contribution is 5.85. The van der Waals surface area contributed by atoms with Gasteiger partial charge in [-0.25, -0.2) is 0 Å². The van der Waals surface area contributed by atoms with Crippen molar-refractivity contribution in [2.75, 3.05) is 6.61 Å². The van der Waals surface area contributed by atoms with Gasteiger partial charge in [0.05, 0.1) is 5.54 Å². The van der Waals surface area contributed by atoms with E-state index in [-0.39, 0.29) is 17.9 Å². The van der Waals surface area contributed by atoms with Crippen LogP contribution in [0.2, 0.25) is 0 Å². The van der Waals surface area contributed by atoms with E-state index >= 15 is 0 Å². The van der Waals surface area contributed by atoms with Crippen molar-refractivity contribution in [3.05, 3.63) is 28.8 Å². The molecule has 0 saturated heterocycles. The lowest BCUT2D eigenvalue weighted by molar-refractivity contribution is 0.276. The van der Waals surface area contributed by atoms with Crippen molar-refractivity contribution in [2.45, 2.75) is 39.2 Å². The molecule has 1 aromatic rings. The van der Waals surface area contributed by atoms with E-state index in [2.05, 4.69) is 32.9 Å². The van der Waals surface area contributed by atoms with E-state index in [1.54, 1.807) is 0 Å². The van der Waals surface area contributed by atoms with E-state index in [0.29, 0.717) is 6.61 Å². The summed E-state index contributed by atoms with van der Waals surface area (Å²) in [5.74, 6) is 1.01.